The maximum atomic E-state index is 12.5. The molecule has 0 saturated carbocycles. The van der Waals surface area contributed by atoms with Gasteiger partial charge in [-0.1, -0.05) is 34.8 Å². The van der Waals surface area contributed by atoms with Crippen molar-refractivity contribution in [3.05, 3.63) is 29.8 Å². The Morgan fingerprint density at radius 1 is 1.13 bits per heavy atom. The van der Waals surface area contributed by atoms with Crippen LogP contribution in [0.1, 0.15) is 36.0 Å². The Balaban J connectivity index is 2.11. The maximum Gasteiger partial charge on any atom is 0.262 e. The van der Waals surface area contributed by atoms with E-state index in [0.717, 1.165) is 30.8 Å². The molecule has 1 amide bonds. The number of hydrogen-bond acceptors (Lipinski definition) is 2. The van der Waals surface area contributed by atoms with Crippen molar-refractivity contribution in [3.8, 4) is 5.75 Å². The number of methoxy groups -OCH3 is 1. The summed E-state index contributed by atoms with van der Waals surface area (Å²) in [5, 5.41) is 2.90. The summed E-state index contributed by atoms with van der Waals surface area (Å²) < 4.78 is 3.54. The van der Waals surface area contributed by atoms with Gasteiger partial charge in [-0.05, 0) is 49.9 Å². The molecule has 0 radical (unpaired) electrons. The molecular formula is C16H22Cl3N2O2+. The summed E-state index contributed by atoms with van der Waals surface area (Å²) in [7, 11) is 1.58. The van der Waals surface area contributed by atoms with Gasteiger partial charge in [-0.2, -0.15) is 0 Å². The number of benzene rings is 1. The molecule has 1 aromatic rings. The van der Waals surface area contributed by atoms with Crippen LogP contribution in [0.25, 0.3) is 0 Å². The lowest BCUT2D eigenvalue weighted by Crippen LogP contribution is -3.19. The molecule has 128 valence electrons. The van der Waals surface area contributed by atoms with E-state index in [4.69, 9.17) is 39.5 Å². The van der Waals surface area contributed by atoms with Gasteiger partial charge in [-0.15, -0.1) is 0 Å². The number of amides is 1. The zero-order valence-electron chi connectivity index (χ0n) is 13.1. The van der Waals surface area contributed by atoms with E-state index < -0.39 is 9.96 Å². The fourth-order valence-electron chi connectivity index (χ4n) is 2.84. The normalized spacial score (nSPS) is 18.1. The zero-order chi connectivity index (χ0) is 16.9. The molecule has 1 saturated heterocycles. The number of halogens is 3. The average Bonchev–Trinajstić information content (AvgIpc) is 2.80. The molecule has 7 heteroatoms. The zero-order valence-corrected chi connectivity index (χ0v) is 15.3. The minimum absolute atomic E-state index is 0.249. The first-order chi connectivity index (χ1) is 10.9. The fourth-order valence-corrected chi connectivity index (χ4v) is 3.47. The van der Waals surface area contributed by atoms with Gasteiger partial charge in [0.15, 0.2) is 0 Å². The van der Waals surface area contributed by atoms with Crippen LogP contribution in [-0.2, 0) is 0 Å². The van der Waals surface area contributed by atoms with E-state index in [1.165, 1.54) is 12.8 Å². The molecule has 4 nitrogen and oxygen atoms in total. The van der Waals surface area contributed by atoms with Crippen LogP contribution in [0, 0.1) is 0 Å². The molecule has 0 aromatic heterocycles. The van der Waals surface area contributed by atoms with Crippen LogP contribution < -0.4 is 15.0 Å². The number of quaternary nitrogens is 1. The van der Waals surface area contributed by atoms with Crippen molar-refractivity contribution in [1.82, 2.24) is 5.32 Å². The summed E-state index contributed by atoms with van der Waals surface area (Å²) in [6.45, 7) is 1.78. The minimum atomic E-state index is -1.55. The highest BCUT2D eigenvalue weighted by molar-refractivity contribution is 6.68. The summed E-state index contributed by atoms with van der Waals surface area (Å²) in [6, 6.07) is 6.86. The summed E-state index contributed by atoms with van der Waals surface area (Å²) in [6.07, 6.45) is 3.95. The van der Waals surface area contributed by atoms with Gasteiger partial charge in [-0.25, -0.2) is 0 Å². The monoisotopic (exact) mass is 379 g/mol. The van der Waals surface area contributed by atoms with Crippen molar-refractivity contribution in [2.45, 2.75) is 35.6 Å². The van der Waals surface area contributed by atoms with Gasteiger partial charge in [0.1, 0.15) is 5.75 Å². The minimum Gasteiger partial charge on any atom is -0.497 e. The molecule has 1 heterocycles. The number of rotatable bonds is 4. The van der Waals surface area contributed by atoms with Crippen LogP contribution >= 0.6 is 34.8 Å². The second-order valence-corrected chi connectivity index (χ2v) is 8.12. The molecule has 1 atom stereocenters. The predicted molar refractivity (Wildman–Crippen MR) is 93.7 cm³/mol. The highest BCUT2D eigenvalue weighted by atomic mass is 35.6. The maximum absolute atomic E-state index is 12.5. The molecule has 1 aliphatic rings. The van der Waals surface area contributed by atoms with E-state index in [1.54, 1.807) is 31.4 Å². The second-order valence-electron chi connectivity index (χ2n) is 5.75. The predicted octanol–water partition coefficient (Wildman–Crippen LogP) is 2.58. The molecule has 2 rings (SSSR count). The molecule has 1 aromatic carbocycles. The molecule has 1 aliphatic heterocycles. The smallest absolute Gasteiger partial charge is 0.262 e. The SMILES string of the molecule is COc1ccc(C(=O)N[C@@H]([NH+]2CCCCCC2)C(Cl)(Cl)Cl)cc1. The number of hydrogen-bond donors (Lipinski definition) is 2. The van der Waals surface area contributed by atoms with E-state index in [-0.39, 0.29) is 5.91 Å². The third-order valence-corrected chi connectivity index (χ3v) is 4.76. The van der Waals surface area contributed by atoms with Crippen LogP contribution in [0.5, 0.6) is 5.75 Å². The Kier molecular flexibility index (Phi) is 6.84. The molecule has 0 bridgehead atoms. The topological polar surface area (TPSA) is 42.8 Å². The van der Waals surface area contributed by atoms with Crippen LogP contribution in [0.15, 0.2) is 24.3 Å². The van der Waals surface area contributed by atoms with Crippen molar-refractivity contribution in [3.63, 3.8) is 0 Å². The molecular weight excluding hydrogens is 359 g/mol. The van der Waals surface area contributed by atoms with Crippen LogP contribution in [0.2, 0.25) is 0 Å². The Bertz CT molecular complexity index is 509. The van der Waals surface area contributed by atoms with Gasteiger partial charge >= 0.3 is 0 Å². The highest BCUT2D eigenvalue weighted by Crippen LogP contribution is 2.28. The molecule has 1 fully saturated rings. The van der Waals surface area contributed by atoms with Gasteiger partial charge in [0, 0.05) is 5.56 Å². The number of alkyl halides is 3. The Labute approximate surface area is 152 Å². The van der Waals surface area contributed by atoms with Crippen molar-refractivity contribution in [2.75, 3.05) is 20.2 Å². The Morgan fingerprint density at radius 2 is 1.70 bits per heavy atom. The van der Waals surface area contributed by atoms with Gasteiger partial charge < -0.3 is 9.64 Å². The van der Waals surface area contributed by atoms with E-state index in [1.807, 2.05) is 0 Å². The van der Waals surface area contributed by atoms with Crippen LogP contribution in [0.4, 0.5) is 0 Å². The summed E-state index contributed by atoms with van der Waals surface area (Å²) in [5.74, 6) is 0.443. The van der Waals surface area contributed by atoms with E-state index in [2.05, 4.69) is 5.32 Å². The summed E-state index contributed by atoms with van der Waals surface area (Å²) >= 11 is 18.4. The lowest BCUT2D eigenvalue weighted by Gasteiger charge is -2.32. The van der Waals surface area contributed by atoms with Gasteiger partial charge in [0.2, 0.25) is 6.17 Å². The largest absolute Gasteiger partial charge is 0.497 e. The lowest BCUT2D eigenvalue weighted by molar-refractivity contribution is -0.926. The summed E-state index contributed by atoms with van der Waals surface area (Å²) in [5.41, 5.74) is 0.513. The summed E-state index contributed by atoms with van der Waals surface area (Å²) in [4.78, 5) is 13.6. The molecule has 0 unspecified atom stereocenters. The van der Waals surface area contributed by atoms with E-state index in [9.17, 15) is 4.79 Å². The van der Waals surface area contributed by atoms with E-state index >= 15 is 0 Å². The van der Waals surface area contributed by atoms with Gasteiger partial charge in [0.25, 0.3) is 9.70 Å². The molecule has 0 spiro atoms. The first-order valence-electron chi connectivity index (χ1n) is 7.78. The number of nitrogens with one attached hydrogen (secondary N) is 2. The average molecular weight is 381 g/mol. The highest BCUT2D eigenvalue weighted by Gasteiger charge is 2.42. The Morgan fingerprint density at radius 3 is 2.17 bits per heavy atom. The quantitative estimate of drug-likeness (QED) is 0.789. The second kappa shape index (κ2) is 8.43. The molecule has 0 aliphatic carbocycles. The Hall–Kier alpha value is -0.680. The van der Waals surface area contributed by atoms with Crippen molar-refractivity contribution in [2.24, 2.45) is 0 Å². The van der Waals surface area contributed by atoms with Crippen LogP contribution in [0.3, 0.4) is 0 Å². The number of likely N-dealkylation sites (tertiary alicyclic amines) is 1. The van der Waals surface area contributed by atoms with Crippen molar-refractivity contribution >= 4 is 40.7 Å². The first kappa shape index (κ1) is 18.7. The van der Waals surface area contributed by atoms with Gasteiger partial charge in [0.05, 0.1) is 20.2 Å². The van der Waals surface area contributed by atoms with Crippen LogP contribution in [-0.4, -0.2) is 36.1 Å². The third-order valence-electron chi connectivity index (χ3n) is 4.11. The fraction of sp³-hybridized carbons (Fsp3) is 0.562. The molecule has 23 heavy (non-hydrogen) atoms. The standard InChI is InChI=1S/C16H21Cl3N2O2/c1-23-13-8-6-12(7-9-13)14(22)20-15(16(17,18)19)21-10-4-2-3-5-11-21/h6-9,15H,2-5,10-11H2,1H3,(H,20,22)/p+1/t15-/m0/s1. The van der Waals surface area contributed by atoms with E-state index in [0.29, 0.717) is 11.3 Å². The third kappa shape index (κ3) is 5.42. The molecule has 2 N–H and O–H groups in total. The van der Waals surface area contributed by atoms with Crippen molar-refractivity contribution in [1.29, 1.82) is 0 Å². The number of carbonyl (C=O) groups excluding carboxylic acids is 1. The van der Waals surface area contributed by atoms with Gasteiger partial charge in [-0.3, -0.25) is 10.1 Å². The lowest BCUT2D eigenvalue weighted by atomic mass is 10.2. The first-order valence-corrected chi connectivity index (χ1v) is 8.91. The number of carbonyl (C=O) groups is 1. The number of ether oxygens (including phenoxy) is 1. The van der Waals surface area contributed by atoms with Crippen molar-refractivity contribution < 1.29 is 14.4 Å².